The van der Waals surface area contributed by atoms with Crippen LogP contribution in [-0.2, 0) is 4.74 Å². The van der Waals surface area contributed by atoms with Gasteiger partial charge in [0.15, 0.2) is 0 Å². The third kappa shape index (κ3) is 3.97. The van der Waals surface area contributed by atoms with E-state index in [2.05, 4.69) is 24.4 Å². The van der Waals surface area contributed by atoms with Crippen molar-refractivity contribution in [2.45, 2.75) is 39.2 Å². The predicted octanol–water partition coefficient (Wildman–Crippen LogP) is 3.55. The van der Waals surface area contributed by atoms with Crippen molar-refractivity contribution in [2.75, 3.05) is 26.3 Å². The molecule has 0 spiro atoms. The maximum absolute atomic E-state index is 6.07. The van der Waals surface area contributed by atoms with Crippen LogP contribution < -0.4 is 10.1 Å². The number of hydrogen-bond donors (Lipinski definition) is 1. The van der Waals surface area contributed by atoms with Crippen molar-refractivity contribution in [2.24, 2.45) is 5.92 Å². The molecule has 20 heavy (non-hydrogen) atoms. The maximum Gasteiger partial charge on any atom is 0.125 e. The fraction of sp³-hybridized carbons (Fsp3) is 0.647. The Balaban J connectivity index is 2.10. The molecule has 0 amide bonds. The van der Waals surface area contributed by atoms with Gasteiger partial charge in [0.1, 0.15) is 5.75 Å². The smallest absolute Gasteiger partial charge is 0.125 e. The summed E-state index contributed by atoms with van der Waals surface area (Å²) in [5.41, 5.74) is 1.21. The number of nitrogens with one attached hydrogen (secondary N) is 1. The van der Waals surface area contributed by atoms with Crippen molar-refractivity contribution in [1.82, 2.24) is 5.32 Å². The lowest BCUT2D eigenvalue weighted by Gasteiger charge is -2.33. The van der Waals surface area contributed by atoms with Gasteiger partial charge in [-0.05, 0) is 38.8 Å². The summed E-state index contributed by atoms with van der Waals surface area (Å²) in [5, 5.41) is 3.54. The molecular weight excluding hydrogens is 250 g/mol. The lowest BCUT2D eigenvalue weighted by molar-refractivity contribution is -0.0290. The molecule has 112 valence electrons. The van der Waals surface area contributed by atoms with E-state index in [4.69, 9.17) is 9.47 Å². The number of hydrogen-bond acceptors (Lipinski definition) is 3. The third-order valence-electron chi connectivity index (χ3n) is 3.80. The van der Waals surface area contributed by atoms with Crippen LogP contribution in [-0.4, -0.2) is 26.3 Å². The minimum absolute atomic E-state index is 0.163. The van der Waals surface area contributed by atoms with Gasteiger partial charge in [0, 0.05) is 24.6 Å². The van der Waals surface area contributed by atoms with Crippen molar-refractivity contribution in [3.63, 3.8) is 0 Å². The van der Waals surface area contributed by atoms with E-state index in [0.717, 1.165) is 31.9 Å². The van der Waals surface area contributed by atoms with Gasteiger partial charge in [0.2, 0.25) is 0 Å². The predicted molar refractivity (Wildman–Crippen MR) is 82.2 cm³/mol. The van der Waals surface area contributed by atoms with Crippen LogP contribution in [0, 0.1) is 5.92 Å². The molecule has 0 bridgehead atoms. The van der Waals surface area contributed by atoms with Crippen LogP contribution in [0.4, 0.5) is 0 Å². The molecule has 3 nitrogen and oxygen atoms in total. The van der Waals surface area contributed by atoms with E-state index < -0.39 is 0 Å². The van der Waals surface area contributed by atoms with Crippen LogP contribution >= 0.6 is 0 Å². The fourth-order valence-electron chi connectivity index (χ4n) is 2.86. The zero-order valence-corrected chi connectivity index (χ0v) is 12.7. The molecule has 1 fully saturated rings. The lowest BCUT2D eigenvalue weighted by atomic mass is 9.89. The quantitative estimate of drug-likeness (QED) is 0.773. The van der Waals surface area contributed by atoms with Gasteiger partial charge in [-0.25, -0.2) is 0 Å². The molecule has 3 heteroatoms. The minimum Gasteiger partial charge on any atom is -0.493 e. The summed E-state index contributed by atoms with van der Waals surface area (Å²) in [5.74, 6) is 1.51. The van der Waals surface area contributed by atoms with Crippen molar-refractivity contribution in [1.29, 1.82) is 0 Å². The first-order valence-corrected chi connectivity index (χ1v) is 7.90. The SMILES string of the molecule is CCCNCC1CCCOC1c1ccccc1OCC. The van der Waals surface area contributed by atoms with Crippen LogP contribution in [0.1, 0.15) is 44.8 Å². The molecule has 0 radical (unpaired) electrons. The Morgan fingerprint density at radius 3 is 2.95 bits per heavy atom. The number of para-hydroxylation sites is 1. The Labute approximate surface area is 122 Å². The zero-order valence-electron chi connectivity index (χ0n) is 12.7. The highest BCUT2D eigenvalue weighted by atomic mass is 16.5. The molecule has 0 saturated carbocycles. The molecule has 0 aliphatic carbocycles. The molecule has 1 aromatic carbocycles. The molecule has 1 aromatic rings. The van der Waals surface area contributed by atoms with E-state index in [9.17, 15) is 0 Å². The molecule has 2 rings (SSSR count). The van der Waals surface area contributed by atoms with E-state index in [1.54, 1.807) is 0 Å². The summed E-state index contributed by atoms with van der Waals surface area (Å²) in [4.78, 5) is 0. The van der Waals surface area contributed by atoms with Crippen LogP contribution in [0.2, 0.25) is 0 Å². The van der Waals surface area contributed by atoms with E-state index in [1.165, 1.54) is 18.4 Å². The molecule has 1 aliphatic rings. The Bertz CT molecular complexity index is 394. The van der Waals surface area contributed by atoms with Gasteiger partial charge in [-0.2, -0.15) is 0 Å². The van der Waals surface area contributed by atoms with Gasteiger partial charge in [-0.3, -0.25) is 0 Å². The van der Waals surface area contributed by atoms with Gasteiger partial charge < -0.3 is 14.8 Å². The Morgan fingerprint density at radius 1 is 1.30 bits per heavy atom. The van der Waals surface area contributed by atoms with Crippen LogP contribution in [0.25, 0.3) is 0 Å². The average Bonchev–Trinajstić information content (AvgIpc) is 2.49. The molecule has 1 aliphatic heterocycles. The van der Waals surface area contributed by atoms with Crippen LogP contribution in [0.5, 0.6) is 5.75 Å². The molecule has 0 aromatic heterocycles. The lowest BCUT2D eigenvalue weighted by Crippen LogP contribution is -2.32. The van der Waals surface area contributed by atoms with E-state index in [-0.39, 0.29) is 6.10 Å². The van der Waals surface area contributed by atoms with Crippen molar-refractivity contribution in [3.05, 3.63) is 29.8 Å². The summed E-state index contributed by atoms with van der Waals surface area (Å²) in [6, 6.07) is 8.30. The average molecular weight is 277 g/mol. The second kappa shape index (κ2) is 8.28. The molecule has 1 heterocycles. The standard InChI is InChI=1S/C17H27NO2/c1-3-11-18-13-14-8-7-12-20-17(14)15-9-5-6-10-16(15)19-4-2/h5-6,9-10,14,17-18H,3-4,7-8,11-13H2,1-2H3. The zero-order chi connectivity index (χ0) is 14.2. The Morgan fingerprint density at radius 2 is 2.15 bits per heavy atom. The second-order valence-corrected chi connectivity index (χ2v) is 5.37. The van der Waals surface area contributed by atoms with Crippen LogP contribution in [0.3, 0.4) is 0 Å². The van der Waals surface area contributed by atoms with Gasteiger partial charge in [0.05, 0.1) is 12.7 Å². The van der Waals surface area contributed by atoms with E-state index >= 15 is 0 Å². The summed E-state index contributed by atoms with van der Waals surface area (Å²) >= 11 is 0. The van der Waals surface area contributed by atoms with E-state index in [0.29, 0.717) is 12.5 Å². The number of rotatable bonds is 7. The Hall–Kier alpha value is -1.06. The topological polar surface area (TPSA) is 30.5 Å². The highest BCUT2D eigenvalue weighted by molar-refractivity contribution is 5.35. The largest absolute Gasteiger partial charge is 0.493 e. The normalized spacial score (nSPS) is 22.7. The Kier molecular flexibility index (Phi) is 6.34. The van der Waals surface area contributed by atoms with E-state index in [1.807, 2.05) is 19.1 Å². The molecule has 2 atom stereocenters. The highest BCUT2D eigenvalue weighted by Crippen LogP contribution is 2.37. The van der Waals surface area contributed by atoms with Gasteiger partial charge >= 0.3 is 0 Å². The minimum atomic E-state index is 0.163. The third-order valence-corrected chi connectivity index (χ3v) is 3.80. The van der Waals surface area contributed by atoms with Crippen LogP contribution in [0.15, 0.2) is 24.3 Å². The number of ether oxygens (including phenoxy) is 2. The van der Waals surface area contributed by atoms with Crippen molar-refractivity contribution >= 4 is 0 Å². The first kappa shape index (κ1) is 15.3. The van der Waals surface area contributed by atoms with Gasteiger partial charge in [-0.1, -0.05) is 25.1 Å². The summed E-state index contributed by atoms with van der Waals surface area (Å²) in [7, 11) is 0. The molecule has 1 saturated heterocycles. The molecule has 2 unspecified atom stereocenters. The van der Waals surface area contributed by atoms with Gasteiger partial charge in [0.25, 0.3) is 0 Å². The fourth-order valence-corrected chi connectivity index (χ4v) is 2.86. The molecular formula is C17H27NO2. The van der Waals surface area contributed by atoms with Crippen molar-refractivity contribution < 1.29 is 9.47 Å². The van der Waals surface area contributed by atoms with Gasteiger partial charge in [-0.15, -0.1) is 0 Å². The monoisotopic (exact) mass is 277 g/mol. The summed E-state index contributed by atoms with van der Waals surface area (Å²) in [6.07, 6.45) is 3.72. The second-order valence-electron chi connectivity index (χ2n) is 5.37. The number of benzene rings is 1. The first-order chi connectivity index (χ1) is 9.86. The summed E-state index contributed by atoms with van der Waals surface area (Å²) < 4.78 is 11.8. The first-order valence-electron chi connectivity index (χ1n) is 7.90. The van der Waals surface area contributed by atoms with Crippen molar-refractivity contribution in [3.8, 4) is 5.75 Å². The maximum atomic E-state index is 6.07. The molecule has 1 N–H and O–H groups in total. The summed E-state index contributed by atoms with van der Waals surface area (Å²) in [6.45, 7) is 7.89. The highest BCUT2D eigenvalue weighted by Gasteiger charge is 2.29.